The first kappa shape index (κ1) is 21.5. The Balaban J connectivity index is 1.38. The molecule has 0 bridgehead atoms. The van der Waals surface area contributed by atoms with Gasteiger partial charge in [-0.1, -0.05) is 18.9 Å². The summed E-state index contributed by atoms with van der Waals surface area (Å²) >= 11 is 0. The van der Waals surface area contributed by atoms with E-state index in [0.29, 0.717) is 36.2 Å². The molecule has 1 aliphatic heterocycles. The number of amides is 1. The lowest BCUT2D eigenvalue weighted by atomic mass is 10.0. The molecule has 3 heterocycles. The van der Waals surface area contributed by atoms with Crippen molar-refractivity contribution in [1.82, 2.24) is 19.9 Å². The zero-order valence-electron chi connectivity index (χ0n) is 18.6. The Labute approximate surface area is 193 Å². The van der Waals surface area contributed by atoms with Gasteiger partial charge in [-0.25, -0.2) is 14.4 Å². The molecule has 3 aromatic rings. The summed E-state index contributed by atoms with van der Waals surface area (Å²) in [5.74, 6) is 1.88. The SMILES string of the molecule is O=C(CC1CCCC1)N1CC[C@@H](c2nc(Nc3cccc(F)c3)cc(-c3ccncc3)n2)C1. The number of hydrogen-bond donors (Lipinski definition) is 1. The Hall–Kier alpha value is -3.35. The Morgan fingerprint density at radius 3 is 2.67 bits per heavy atom. The fourth-order valence-corrected chi connectivity index (χ4v) is 4.89. The molecule has 2 aliphatic rings. The number of carbonyl (C=O) groups is 1. The summed E-state index contributed by atoms with van der Waals surface area (Å²) in [5.41, 5.74) is 2.33. The second-order valence-corrected chi connectivity index (χ2v) is 9.05. The van der Waals surface area contributed by atoms with Crippen molar-refractivity contribution in [1.29, 1.82) is 0 Å². The first-order valence-corrected chi connectivity index (χ1v) is 11.7. The molecule has 0 radical (unpaired) electrons. The fourth-order valence-electron chi connectivity index (χ4n) is 4.89. The van der Waals surface area contributed by atoms with E-state index in [0.717, 1.165) is 24.2 Å². The molecule has 33 heavy (non-hydrogen) atoms. The maximum absolute atomic E-state index is 13.7. The summed E-state index contributed by atoms with van der Waals surface area (Å²) < 4.78 is 13.7. The first-order chi connectivity index (χ1) is 16.1. The van der Waals surface area contributed by atoms with E-state index in [4.69, 9.17) is 9.97 Å². The predicted octanol–water partition coefficient (Wildman–Crippen LogP) is 5.32. The van der Waals surface area contributed by atoms with Crippen LogP contribution in [0.3, 0.4) is 0 Å². The molecule has 2 aromatic heterocycles. The van der Waals surface area contributed by atoms with Crippen LogP contribution in [0.15, 0.2) is 54.9 Å². The average molecular weight is 446 g/mol. The normalized spacial score (nSPS) is 18.6. The van der Waals surface area contributed by atoms with E-state index in [2.05, 4.69) is 10.3 Å². The number of nitrogens with zero attached hydrogens (tertiary/aromatic N) is 4. The Bertz CT molecular complexity index is 1120. The lowest BCUT2D eigenvalue weighted by Crippen LogP contribution is -2.29. The Kier molecular flexibility index (Phi) is 6.28. The monoisotopic (exact) mass is 445 g/mol. The summed E-state index contributed by atoms with van der Waals surface area (Å²) in [6.07, 6.45) is 9.82. The lowest BCUT2D eigenvalue weighted by molar-refractivity contribution is -0.131. The minimum absolute atomic E-state index is 0.0763. The Morgan fingerprint density at radius 2 is 1.88 bits per heavy atom. The van der Waals surface area contributed by atoms with Gasteiger partial charge in [-0.15, -0.1) is 0 Å². The summed E-state index contributed by atoms with van der Waals surface area (Å²) in [6, 6.07) is 12.0. The number of halogens is 1. The number of pyridine rings is 1. The standard InChI is InChI=1S/C26H28FN5O/c27-21-6-3-7-22(15-21)29-24-16-23(19-8-11-28-12-9-19)30-26(31-24)20-10-13-32(17-20)25(33)14-18-4-1-2-5-18/h3,6-9,11-12,15-16,18,20H,1-2,4-5,10,13-14,17H2,(H,29,30,31)/t20-/m1/s1. The van der Waals surface area contributed by atoms with Crippen molar-refractivity contribution in [3.63, 3.8) is 0 Å². The van der Waals surface area contributed by atoms with Gasteiger partial charge in [0.25, 0.3) is 0 Å². The maximum Gasteiger partial charge on any atom is 0.222 e. The molecule has 1 atom stereocenters. The lowest BCUT2D eigenvalue weighted by Gasteiger charge is -2.19. The van der Waals surface area contributed by atoms with Crippen LogP contribution in [-0.4, -0.2) is 38.8 Å². The van der Waals surface area contributed by atoms with E-state index >= 15 is 0 Å². The molecular weight excluding hydrogens is 417 g/mol. The van der Waals surface area contributed by atoms with Crippen molar-refractivity contribution in [3.8, 4) is 11.3 Å². The zero-order valence-corrected chi connectivity index (χ0v) is 18.6. The molecule has 1 saturated heterocycles. The van der Waals surface area contributed by atoms with Crippen LogP contribution in [0.25, 0.3) is 11.3 Å². The highest BCUT2D eigenvalue weighted by Gasteiger charge is 2.31. The molecule has 1 aromatic carbocycles. The molecule has 170 valence electrons. The first-order valence-electron chi connectivity index (χ1n) is 11.7. The maximum atomic E-state index is 13.7. The van der Waals surface area contributed by atoms with Crippen LogP contribution < -0.4 is 5.32 Å². The smallest absolute Gasteiger partial charge is 0.222 e. The molecule has 0 unspecified atom stereocenters. The molecule has 5 rings (SSSR count). The van der Waals surface area contributed by atoms with E-state index in [9.17, 15) is 9.18 Å². The van der Waals surface area contributed by atoms with Gasteiger partial charge in [0.2, 0.25) is 5.91 Å². The third kappa shape index (κ3) is 5.18. The summed E-state index contributed by atoms with van der Waals surface area (Å²) in [4.78, 5) is 28.5. The van der Waals surface area contributed by atoms with Gasteiger partial charge in [0.05, 0.1) is 5.69 Å². The topological polar surface area (TPSA) is 71.0 Å². The van der Waals surface area contributed by atoms with Crippen LogP contribution in [0.5, 0.6) is 0 Å². The van der Waals surface area contributed by atoms with E-state index in [1.807, 2.05) is 23.1 Å². The molecule has 0 spiro atoms. The second-order valence-electron chi connectivity index (χ2n) is 9.05. The van der Waals surface area contributed by atoms with Gasteiger partial charge in [-0.05, 0) is 55.5 Å². The third-order valence-electron chi connectivity index (χ3n) is 6.66. The van der Waals surface area contributed by atoms with Crippen molar-refractivity contribution in [2.75, 3.05) is 18.4 Å². The number of anilines is 2. The van der Waals surface area contributed by atoms with E-state index in [1.165, 1.54) is 37.8 Å². The van der Waals surface area contributed by atoms with Gasteiger partial charge in [-0.2, -0.15) is 0 Å². The van der Waals surface area contributed by atoms with Crippen LogP contribution in [0.1, 0.15) is 50.3 Å². The van der Waals surface area contributed by atoms with Crippen LogP contribution in [0, 0.1) is 11.7 Å². The minimum atomic E-state index is -0.309. The van der Waals surface area contributed by atoms with E-state index in [1.54, 1.807) is 24.5 Å². The highest BCUT2D eigenvalue weighted by atomic mass is 19.1. The molecule has 1 aliphatic carbocycles. The van der Waals surface area contributed by atoms with E-state index in [-0.39, 0.29) is 17.6 Å². The summed E-state index contributed by atoms with van der Waals surface area (Å²) in [7, 11) is 0. The van der Waals surface area contributed by atoms with Crippen molar-refractivity contribution in [2.45, 2.75) is 44.4 Å². The zero-order chi connectivity index (χ0) is 22.6. The highest BCUT2D eigenvalue weighted by molar-refractivity contribution is 5.77. The number of hydrogen-bond acceptors (Lipinski definition) is 5. The van der Waals surface area contributed by atoms with Gasteiger partial charge < -0.3 is 10.2 Å². The molecule has 1 saturated carbocycles. The third-order valence-corrected chi connectivity index (χ3v) is 6.66. The van der Waals surface area contributed by atoms with Gasteiger partial charge in [0, 0.05) is 55.1 Å². The minimum Gasteiger partial charge on any atom is -0.342 e. The van der Waals surface area contributed by atoms with Gasteiger partial charge in [0.1, 0.15) is 17.5 Å². The van der Waals surface area contributed by atoms with Gasteiger partial charge >= 0.3 is 0 Å². The molecular formula is C26H28FN5O. The number of rotatable bonds is 6. The predicted molar refractivity (Wildman–Crippen MR) is 125 cm³/mol. The van der Waals surface area contributed by atoms with Crippen molar-refractivity contribution >= 4 is 17.4 Å². The molecule has 2 fully saturated rings. The molecule has 1 N–H and O–H groups in total. The Morgan fingerprint density at radius 1 is 1.06 bits per heavy atom. The summed E-state index contributed by atoms with van der Waals surface area (Å²) in [5, 5.41) is 3.21. The van der Waals surface area contributed by atoms with Crippen LogP contribution in [-0.2, 0) is 4.79 Å². The number of carbonyl (C=O) groups excluding carboxylic acids is 1. The van der Waals surface area contributed by atoms with Crippen LogP contribution >= 0.6 is 0 Å². The van der Waals surface area contributed by atoms with Crippen LogP contribution in [0.4, 0.5) is 15.9 Å². The van der Waals surface area contributed by atoms with Crippen LogP contribution in [0.2, 0.25) is 0 Å². The summed E-state index contributed by atoms with van der Waals surface area (Å²) in [6.45, 7) is 1.39. The van der Waals surface area contributed by atoms with Crippen molar-refractivity contribution < 1.29 is 9.18 Å². The van der Waals surface area contributed by atoms with Gasteiger partial charge in [0.15, 0.2) is 0 Å². The number of benzene rings is 1. The number of likely N-dealkylation sites (tertiary alicyclic amines) is 1. The van der Waals surface area contributed by atoms with E-state index < -0.39 is 0 Å². The second kappa shape index (κ2) is 9.65. The number of nitrogens with one attached hydrogen (secondary N) is 1. The fraction of sp³-hybridized carbons (Fsp3) is 0.385. The molecule has 6 nitrogen and oxygen atoms in total. The van der Waals surface area contributed by atoms with Crippen molar-refractivity contribution in [2.24, 2.45) is 5.92 Å². The quantitative estimate of drug-likeness (QED) is 0.556. The molecule has 7 heteroatoms. The number of aromatic nitrogens is 3. The van der Waals surface area contributed by atoms with Gasteiger partial charge in [-0.3, -0.25) is 9.78 Å². The largest absolute Gasteiger partial charge is 0.342 e. The average Bonchev–Trinajstić information content (AvgIpc) is 3.52. The van der Waals surface area contributed by atoms with Crippen molar-refractivity contribution in [3.05, 3.63) is 66.5 Å². The molecule has 1 amide bonds. The highest BCUT2D eigenvalue weighted by Crippen LogP contribution is 2.32.